The first kappa shape index (κ1) is 15.7. The summed E-state index contributed by atoms with van der Waals surface area (Å²) >= 11 is 0. The van der Waals surface area contributed by atoms with Gasteiger partial charge in [0.1, 0.15) is 0 Å². The Kier molecular flexibility index (Phi) is 7.91. The van der Waals surface area contributed by atoms with Crippen molar-refractivity contribution in [3.8, 4) is 0 Å². The number of aryl methyl sites for hydroxylation is 1. The lowest BCUT2D eigenvalue weighted by molar-refractivity contribution is -0.143. The highest BCUT2D eigenvalue weighted by molar-refractivity contribution is 5.69. The van der Waals surface area contributed by atoms with Crippen molar-refractivity contribution in [1.29, 1.82) is 0 Å². The summed E-state index contributed by atoms with van der Waals surface area (Å²) in [5, 5.41) is 3.35. The molecule has 0 heterocycles. The van der Waals surface area contributed by atoms with E-state index in [0.29, 0.717) is 13.0 Å². The third-order valence-corrected chi connectivity index (χ3v) is 2.95. The van der Waals surface area contributed by atoms with Crippen LogP contribution in [-0.4, -0.2) is 19.1 Å². The summed E-state index contributed by atoms with van der Waals surface area (Å²) in [6.07, 6.45) is 3.37. The molecule has 0 radical (unpaired) electrons. The minimum absolute atomic E-state index is 0.0691. The minimum Gasteiger partial charge on any atom is -0.466 e. The van der Waals surface area contributed by atoms with Crippen LogP contribution in [0, 0.1) is 6.92 Å². The largest absolute Gasteiger partial charge is 0.466 e. The number of carbonyl (C=O) groups is 1. The van der Waals surface area contributed by atoms with E-state index in [9.17, 15) is 4.79 Å². The number of unbranched alkanes of at least 4 members (excludes halogenated alkanes) is 1. The Bertz CT molecular complexity index is 360. The van der Waals surface area contributed by atoms with Crippen molar-refractivity contribution in [2.75, 3.05) is 13.2 Å². The van der Waals surface area contributed by atoms with Crippen LogP contribution in [0.3, 0.4) is 0 Å². The van der Waals surface area contributed by atoms with Crippen LogP contribution < -0.4 is 5.32 Å². The number of hydrogen-bond donors (Lipinski definition) is 1. The highest BCUT2D eigenvalue weighted by atomic mass is 16.5. The second kappa shape index (κ2) is 9.56. The molecule has 0 aliphatic heterocycles. The van der Waals surface area contributed by atoms with E-state index in [1.54, 1.807) is 0 Å². The SMILES string of the molecule is CCCCC(=O)OCCCNCc1ccc(C)cc1. The summed E-state index contributed by atoms with van der Waals surface area (Å²) < 4.78 is 5.13. The molecule has 3 heteroatoms. The molecule has 0 fully saturated rings. The van der Waals surface area contributed by atoms with E-state index < -0.39 is 0 Å². The smallest absolute Gasteiger partial charge is 0.305 e. The molecule has 1 aromatic carbocycles. The van der Waals surface area contributed by atoms with Crippen LogP contribution in [0.1, 0.15) is 43.7 Å². The standard InChI is InChI=1S/C16H25NO2/c1-3-4-6-16(18)19-12-5-11-17-13-15-9-7-14(2)8-10-15/h7-10,17H,3-6,11-13H2,1-2H3. The summed E-state index contributed by atoms with van der Waals surface area (Å²) in [5.74, 6) is -0.0691. The lowest BCUT2D eigenvalue weighted by Gasteiger charge is -2.06. The number of ether oxygens (including phenoxy) is 1. The van der Waals surface area contributed by atoms with Crippen molar-refractivity contribution >= 4 is 5.97 Å². The number of carbonyl (C=O) groups excluding carboxylic acids is 1. The maximum absolute atomic E-state index is 11.2. The Balaban J connectivity index is 1.99. The number of hydrogen-bond acceptors (Lipinski definition) is 3. The molecule has 19 heavy (non-hydrogen) atoms. The van der Waals surface area contributed by atoms with Gasteiger partial charge in [-0.05, 0) is 31.9 Å². The zero-order chi connectivity index (χ0) is 13.9. The fourth-order valence-electron chi connectivity index (χ4n) is 1.72. The first-order valence-electron chi connectivity index (χ1n) is 7.14. The van der Waals surface area contributed by atoms with E-state index in [-0.39, 0.29) is 5.97 Å². The molecule has 1 N–H and O–H groups in total. The van der Waals surface area contributed by atoms with Crippen molar-refractivity contribution in [2.45, 2.75) is 46.1 Å². The first-order chi connectivity index (χ1) is 9.22. The Morgan fingerprint density at radius 3 is 2.63 bits per heavy atom. The second-order valence-corrected chi connectivity index (χ2v) is 4.84. The second-order valence-electron chi connectivity index (χ2n) is 4.84. The molecule has 0 aliphatic carbocycles. The molecule has 0 spiro atoms. The quantitative estimate of drug-likeness (QED) is 0.549. The molecule has 0 bridgehead atoms. The third kappa shape index (κ3) is 7.62. The van der Waals surface area contributed by atoms with Crippen molar-refractivity contribution in [3.05, 3.63) is 35.4 Å². The number of nitrogens with one attached hydrogen (secondary N) is 1. The van der Waals surface area contributed by atoms with Crippen molar-refractivity contribution in [2.24, 2.45) is 0 Å². The predicted octanol–water partition coefficient (Wildman–Crippen LogP) is 3.21. The normalized spacial score (nSPS) is 10.4. The molecule has 0 saturated heterocycles. The maximum atomic E-state index is 11.2. The Morgan fingerprint density at radius 1 is 1.21 bits per heavy atom. The van der Waals surface area contributed by atoms with Gasteiger partial charge in [0.2, 0.25) is 0 Å². The van der Waals surface area contributed by atoms with Gasteiger partial charge in [0.15, 0.2) is 0 Å². The Morgan fingerprint density at radius 2 is 1.95 bits per heavy atom. The van der Waals surface area contributed by atoms with Crippen LogP contribution in [-0.2, 0) is 16.1 Å². The summed E-state index contributed by atoms with van der Waals surface area (Å²) in [4.78, 5) is 11.2. The van der Waals surface area contributed by atoms with Gasteiger partial charge in [-0.25, -0.2) is 0 Å². The van der Waals surface area contributed by atoms with Gasteiger partial charge in [-0.1, -0.05) is 43.2 Å². The van der Waals surface area contributed by atoms with Gasteiger partial charge in [0.25, 0.3) is 0 Å². The van der Waals surface area contributed by atoms with Gasteiger partial charge in [-0.3, -0.25) is 4.79 Å². The van der Waals surface area contributed by atoms with E-state index in [1.807, 2.05) is 0 Å². The Hall–Kier alpha value is -1.35. The van der Waals surface area contributed by atoms with Crippen LogP contribution in [0.15, 0.2) is 24.3 Å². The van der Waals surface area contributed by atoms with Crippen LogP contribution in [0.4, 0.5) is 0 Å². The molecule has 0 aromatic heterocycles. The minimum atomic E-state index is -0.0691. The molecule has 0 unspecified atom stereocenters. The van der Waals surface area contributed by atoms with E-state index >= 15 is 0 Å². The summed E-state index contributed by atoms with van der Waals surface area (Å²) in [5.41, 5.74) is 2.56. The van der Waals surface area contributed by atoms with Crippen molar-refractivity contribution < 1.29 is 9.53 Å². The van der Waals surface area contributed by atoms with Gasteiger partial charge in [-0.15, -0.1) is 0 Å². The van der Waals surface area contributed by atoms with E-state index in [0.717, 1.165) is 32.4 Å². The zero-order valence-corrected chi connectivity index (χ0v) is 12.1. The highest BCUT2D eigenvalue weighted by Gasteiger charge is 2.00. The van der Waals surface area contributed by atoms with Crippen LogP contribution in [0.2, 0.25) is 0 Å². The number of esters is 1. The monoisotopic (exact) mass is 263 g/mol. The van der Waals surface area contributed by atoms with Crippen LogP contribution in [0.25, 0.3) is 0 Å². The lowest BCUT2D eigenvalue weighted by atomic mass is 10.1. The van der Waals surface area contributed by atoms with E-state index in [4.69, 9.17) is 4.74 Å². The average Bonchev–Trinajstić information content (AvgIpc) is 2.42. The molecule has 0 amide bonds. The molecule has 0 aliphatic rings. The maximum Gasteiger partial charge on any atom is 0.305 e. The van der Waals surface area contributed by atoms with Crippen molar-refractivity contribution in [3.63, 3.8) is 0 Å². The van der Waals surface area contributed by atoms with E-state index in [1.165, 1.54) is 11.1 Å². The molecule has 0 atom stereocenters. The third-order valence-electron chi connectivity index (χ3n) is 2.95. The molecule has 0 saturated carbocycles. The van der Waals surface area contributed by atoms with Gasteiger partial charge >= 0.3 is 5.97 Å². The highest BCUT2D eigenvalue weighted by Crippen LogP contribution is 2.02. The van der Waals surface area contributed by atoms with Gasteiger partial charge in [0.05, 0.1) is 6.61 Å². The molecule has 1 aromatic rings. The topological polar surface area (TPSA) is 38.3 Å². The fourth-order valence-corrected chi connectivity index (χ4v) is 1.72. The predicted molar refractivity (Wildman–Crippen MR) is 78.0 cm³/mol. The molecule has 3 nitrogen and oxygen atoms in total. The van der Waals surface area contributed by atoms with Gasteiger partial charge in [0, 0.05) is 13.0 Å². The van der Waals surface area contributed by atoms with Gasteiger partial charge < -0.3 is 10.1 Å². The molecular formula is C16H25NO2. The lowest BCUT2D eigenvalue weighted by Crippen LogP contribution is -2.17. The molecule has 106 valence electrons. The van der Waals surface area contributed by atoms with Crippen LogP contribution in [0.5, 0.6) is 0 Å². The van der Waals surface area contributed by atoms with E-state index in [2.05, 4.69) is 43.4 Å². The summed E-state index contributed by atoms with van der Waals surface area (Å²) in [7, 11) is 0. The average molecular weight is 263 g/mol. The summed E-state index contributed by atoms with van der Waals surface area (Å²) in [6.45, 7) is 6.41. The number of benzene rings is 1. The first-order valence-corrected chi connectivity index (χ1v) is 7.14. The van der Waals surface area contributed by atoms with Crippen molar-refractivity contribution in [1.82, 2.24) is 5.32 Å². The van der Waals surface area contributed by atoms with Gasteiger partial charge in [-0.2, -0.15) is 0 Å². The molecule has 1 rings (SSSR count). The number of rotatable bonds is 9. The van der Waals surface area contributed by atoms with Crippen LogP contribution >= 0.6 is 0 Å². The zero-order valence-electron chi connectivity index (χ0n) is 12.1. The summed E-state index contributed by atoms with van der Waals surface area (Å²) in [6, 6.07) is 8.50. The molecular weight excluding hydrogens is 238 g/mol. The Labute approximate surface area is 116 Å². The fraction of sp³-hybridized carbons (Fsp3) is 0.562.